The minimum atomic E-state index is -1.08. The van der Waals surface area contributed by atoms with Crippen LogP contribution in [0.2, 0.25) is 0 Å². The highest BCUT2D eigenvalue weighted by atomic mass is 32.1. The summed E-state index contributed by atoms with van der Waals surface area (Å²) in [6.45, 7) is 0.171. The normalized spacial score (nSPS) is 10.7. The number of imidazole rings is 1. The lowest BCUT2D eigenvalue weighted by molar-refractivity contribution is 0.0691. The van der Waals surface area contributed by atoms with Gasteiger partial charge in [-0.25, -0.2) is 14.8 Å². The number of rotatable bonds is 4. The molecule has 106 valence electrons. The number of nitrogens with zero attached hydrogens (tertiary/aromatic N) is 3. The first-order chi connectivity index (χ1) is 10.1. The zero-order valence-electron chi connectivity index (χ0n) is 10.7. The number of carboxylic acids is 1. The third kappa shape index (κ3) is 2.75. The highest BCUT2D eigenvalue weighted by Crippen LogP contribution is 2.10. The van der Waals surface area contributed by atoms with Gasteiger partial charge in [-0.05, 0) is 12.1 Å². The third-order valence-electron chi connectivity index (χ3n) is 2.77. The Hall–Kier alpha value is -2.74. The van der Waals surface area contributed by atoms with Gasteiger partial charge in [0.15, 0.2) is 5.69 Å². The van der Waals surface area contributed by atoms with Crippen LogP contribution >= 0.6 is 11.3 Å². The SMILES string of the molecule is O=C(O)c1csc(CNC(=O)c2cn3ccccc3n2)n1. The number of aromatic carboxylic acids is 1. The Balaban J connectivity index is 1.69. The number of carbonyl (C=O) groups is 2. The molecule has 0 fully saturated rings. The van der Waals surface area contributed by atoms with E-state index in [1.807, 2.05) is 12.1 Å². The standard InChI is InChI=1S/C13H10N4O3S/c18-12(8-6-17-4-2-1-3-10(17)15-8)14-5-11-16-9(7-21-11)13(19)20/h1-4,6-7H,5H2,(H,14,18)(H,19,20). The van der Waals surface area contributed by atoms with Gasteiger partial charge in [-0.3, -0.25) is 4.79 Å². The van der Waals surface area contributed by atoms with Gasteiger partial charge in [0.25, 0.3) is 5.91 Å². The lowest BCUT2D eigenvalue weighted by Gasteiger charge is -1.99. The number of hydrogen-bond acceptors (Lipinski definition) is 5. The van der Waals surface area contributed by atoms with E-state index in [0.717, 1.165) is 0 Å². The summed E-state index contributed by atoms with van der Waals surface area (Å²) in [7, 11) is 0. The van der Waals surface area contributed by atoms with Crippen molar-refractivity contribution in [1.82, 2.24) is 19.7 Å². The minimum Gasteiger partial charge on any atom is -0.476 e. The van der Waals surface area contributed by atoms with E-state index in [2.05, 4.69) is 15.3 Å². The molecule has 3 aromatic rings. The largest absolute Gasteiger partial charge is 0.476 e. The molecule has 8 heteroatoms. The van der Waals surface area contributed by atoms with Gasteiger partial charge < -0.3 is 14.8 Å². The first kappa shape index (κ1) is 13.3. The molecule has 21 heavy (non-hydrogen) atoms. The zero-order valence-corrected chi connectivity index (χ0v) is 11.5. The monoisotopic (exact) mass is 302 g/mol. The maximum absolute atomic E-state index is 12.0. The molecule has 0 radical (unpaired) electrons. The first-order valence-corrected chi connectivity index (χ1v) is 6.91. The lowest BCUT2D eigenvalue weighted by atomic mass is 10.4. The molecule has 0 aliphatic carbocycles. The van der Waals surface area contributed by atoms with E-state index < -0.39 is 5.97 Å². The summed E-state index contributed by atoms with van der Waals surface area (Å²) in [5.41, 5.74) is 0.971. The van der Waals surface area contributed by atoms with Crippen molar-refractivity contribution < 1.29 is 14.7 Å². The van der Waals surface area contributed by atoms with Crippen LogP contribution in [-0.2, 0) is 6.54 Å². The van der Waals surface area contributed by atoms with Crippen molar-refractivity contribution in [3.63, 3.8) is 0 Å². The maximum atomic E-state index is 12.0. The highest BCUT2D eigenvalue weighted by molar-refractivity contribution is 7.09. The van der Waals surface area contributed by atoms with Crippen LogP contribution < -0.4 is 5.32 Å². The number of thiazole rings is 1. The smallest absolute Gasteiger partial charge is 0.355 e. The van der Waals surface area contributed by atoms with Crippen LogP contribution in [0.4, 0.5) is 0 Å². The summed E-state index contributed by atoms with van der Waals surface area (Å²) in [5.74, 6) is -1.41. The van der Waals surface area contributed by atoms with Crippen molar-refractivity contribution in [3.8, 4) is 0 Å². The Morgan fingerprint density at radius 2 is 2.14 bits per heavy atom. The summed E-state index contributed by atoms with van der Waals surface area (Å²) in [4.78, 5) is 30.8. The molecule has 0 atom stereocenters. The van der Waals surface area contributed by atoms with Crippen LogP contribution in [0.3, 0.4) is 0 Å². The van der Waals surface area contributed by atoms with E-state index >= 15 is 0 Å². The Bertz CT molecular complexity index is 791. The van der Waals surface area contributed by atoms with Crippen molar-refractivity contribution in [2.75, 3.05) is 0 Å². The average Bonchev–Trinajstić information content (AvgIpc) is 3.11. The van der Waals surface area contributed by atoms with E-state index in [0.29, 0.717) is 16.3 Å². The van der Waals surface area contributed by atoms with E-state index in [1.54, 1.807) is 22.9 Å². The maximum Gasteiger partial charge on any atom is 0.355 e. The number of amides is 1. The van der Waals surface area contributed by atoms with E-state index in [1.165, 1.54) is 16.7 Å². The quantitative estimate of drug-likeness (QED) is 0.759. The van der Waals surface area contributed by atoms with E-state index in [-0.39, 0.29) is 18.1 Å². The van der Waals surface area contributed by atoms with E-state index in [4.69, 9.17) is 5.11 Å². The fourth-order valence-electron chi connectivity index (χ4n) is 1.78. The molecular formula is C13H10N4O3S. The number of pyridine rings is 1. The Morgan fingerprint density at radius 1 is 1.29 bits per heavy atom. The number of carboxylic acid groups (broad SMARTS) is 1. The molecule has 0 aliphatic heterocycles. The molecule has 3 rings (SSSR count). The van der Waals surface area contributed by atoms with Crippen LogP contribution in [0.15, 0.2) is 36.0 Å². The van der Waals surface area contributed by atoms with Crippen molar-refractivity contribution in [2.45, 2.75) is 6.54 Å². The lowest BCUT2D eigenvalue weighted by Crippen LogP contribution is -2.23. The van der Waals surface area contributed by atoms with Crippen LogP contribution in [0.5, 0.6) is 0 Å². The van der Waals surface area contributed by atoms with Gasteiger partial charge >= 0.3 is 5.97 Å². The van der Waals surface area contributed by atoms with Gasteiger partial charge in [0.2, 0.25) is 0 Å². The molecule has 0 saturated heterocycles. The average molecular weight is 302 g/mol. The van der Waals surface area contributed by atoms with Gasteiger partial charge in [0.1, 0.15) is 16.3 Å². The molecule has 0 saturated carbocycles. The van der Waals surface area contributed by atoms with Crippen LogP contribution in [-0.4, -0.2) is 31.4 Å². The van der Waals surface area contributed by atoms with Crippen molar-refractivity contribution in [3.05, 3.63) is 52.4 Å². The Labute approximate surface area is 122 Å². The molecule has 0 aromatic carbocycles. The van der Waals surface area contributed by atoms with Gasteiger partial charge in [-0.15, -0.1) is 11.3 Å². The highest BCUT2D eigenvalue weighted by Gasteiger charge is 2.12. The van der Waals surface area contributed by atoms with Crippen LogP contribution in [0, 0.1) is 0 Å². The molecular weight excluding hydrogens is 292 g/mol. The molecule has 3 aromatic heterocycles. The summed E-state index contributed by atoms with van der Waals surface area (Å²) in [6.07, 6.45) is 3.44. The summed E-state index contributed by atoms with van der Waals surface area (Å²) in [6, 6.07) is 5.49. The molecule has 0 aliphatic rings. The fourth-order valence-corrected chi connectivity index (χ4v) is 2.49. The summed E-state index contributed by atoms with van der Waals surface area (Å²) >= 11 is 1.19. The molecule has 3 heterocycles. The summed E-state index contributed by atoms with van der Waals surface area (Å²) in [5, 5.41) is 13.4. The van der Waals surface area contributed by atoms with Crippen LogP contribution in [0.25, 0.3) is 5.65 Å². The van der Waals surface area contributed by atoms with Gasteiger partial charge in [0, 0.05) is 17.8 Å². The van der Waals surface area contributed by atoms with Gasteiger partial charge in [-0.2, -0.15) is 0 Å². The predicted octanol–water partition coefficient (Wildman–Crippen LogP) is 1.42. The second-order valence-electron chi connectivity index (χ2n) is 4.21. The summed E-state index contributed by atoms with van der Waals surface area (Å²) < 4.78 is 1.75. The molecule has 7 nitrogen and oxygen atoms in total. The number of hydrogen-bond donors (Lipinski definition) is 2. The topological polar surface area (TPSA) is 96.6 Å². The number of carbonyl (C=O) groups excluding carboxylic acids is 1. The Morgan fingerprint density at radius 3 is 2.86 bits per heavy atom. The second-order valence-corrected chi connectivity index (χ2v) is 5.15. The number of nitrogens with one attached hydrogen (secondary N) is 1. The van der Waals surface area contributed by atoms with Crippen molar-refractivity contribution >= 4 is 28.9 Å². The number of aromatic nitrogens is 3. The second kappa shape index (κ2) is 5.33. The first-order valence-electron chi connectivity index (χ1n) is 6.03. The van der Waals surface area contributed by atoms with Crippen molar-refractivity contribution in [2.24, 2.45) is 0 Å². The van der Waals surface area contributed by atoms with Crippen molar-refractivity contribution in [1.29, 1.82) is 0 Å². The van der Waals surface area contributed by atoms with Gasteiger partial charge in [0.05, 0.1) is 6.54 Å². The van der Waals surface area contributed by atoms with E-state index in [9.17, 15) is 9.59 Å². The fraction of sp³-hybridized carbons (Fsp3) is 0.0769. The molecule has 0 unspecified atom stereocenters. The van der Waals surface area contributed by atoms with Gasteiger partial charge in [-0.1, -0.05) is 6.07 Å². The Kier molecular flexibility index (Phi) is 3.36. The zero-order chi connectivity index (χ0) is 14.8. The molecule has 0 spiro atoms. The molecule has 0 bridgehead atoms. The minimum absolute atomic E-state index is 0.0167. The number of fused-ring (bicyclic) bond motifs is 1. The predicted molar refractivity (Wildman–Crippen MR) is 75.4 cm³/mol. The molecule has 2 N–H and O–H groups in total. The van der Waals surface area contributed by atoms with Crippen LogP contribution in [0.1, 0.15) is 26.0 Å². The third-order valence-corrected chi connectivity index (χ3v) is 3.62. The molecule has 1 amide bonds.